The molecule has 0 saturated heterocycles. The van der Waals surface area contributed by atoms with Crippen molar-refractivity contribution in [3.05, 3.63) is 80.7 Å². The van der Waals surface area contributed by atoms with Crippen molar-refractivity contribution in [2.45, 2.75) is 45.0 Å². The molecular weight excluding hydrogens is 470 g/mol. The van der Waals surface area contributed by atoms with Crippen LogP contribution in [0.1, 0.15) is 34.6 Å². The summed E-state index contributed by atoms with van der Waals surface area (Å²) in [5.41, 5.74) is 7.09. The number of rotatable bonds is 13. The molecule has 3 rings (SSSR count). The normalized spacial score (nSPS) is 11.6. The summed E-state index contributed by atoms with van der Waals surface area (Å²) in [6.07, 6.45) is 1.49. The maximum Gasteiger partial charge on any atom is 0.410 e. The van der Waals surface area contributed by atoms with E-state index in [0.717, 1.165) is 28.2 Å². The quantitative estimate of drug-likeness (QED) is 0.307. The van der Waals surface area contributed by atoms with Crippen molar-refractivity contribution in [1.29, 1.82) is 0 Å². The number of amides is 2. The Morgan fingerprint density at radius 3 is 2.21 bits per heavy atom. The summed E-state index contributed by atoms with van der Waals surface area (Å²) < 4.78 is 10.7. The van der Waals surface area contributed by atoms with Gasteiger partial charge in [-0.15, -0.1) is 22.7 Å². The van der Waals surface area contributed by atoms with Gasteiger partial charge in [-0.25, -0.2) is 9.59 Å². The summed E-state index contributed by atoms with van der Waals surface area (Å²) in [6, 6.07) is 17.3. The third kappa shape index (κ3) is 9.54. The first kappa shape index (κ1) is 25.7. The number of carbonyl (C=O) groups excluding carboxylic acids is 2. The summed E-state index contributed by atoms with van der Waals surface area (Å²) in [5, 5.41) is 6.74. The molecule has 0 bridgehead atoms. The Hall–Kier alpha value is -2.88. The van der Waals surface area contributed by atoms with Crippen LogP contribution in [0.3, 0.4) is 0 Å². The van der Waals surface area contributed by atoms with Crippen LogP contribution in [0.5, 0.6) is 0 Å². The Morgan fingerprint density at radius 1 is 0.912 bits per heavy atom. The lowest BCUT2D eigenvalue weighted by atomic mass is 10.1. The zero-order chi connectivity index (χ0) is 24.0. The van der Waals surface area contributed by atoms with Crippen molar-refractivity contribution in [1.82, 2.24) is 10.2 Å². The number of nitrogens with two attached hydrogens (primary N) is 1. The van der Waals surface area contributed by atoms with E-state index in [4.69, 9.17) is 15.2 Å². The fraction of sp³-hybridized carbons (Fsp3) is 0.360. The monoisotopic (exact) mass is 501 g/mol. The van der Waals surface area contributed by atoms with Crippen LogP contribution in [-0.2, 0) is 29.2 Å². The van der Waals surface area contributed by atoms with Crippen molar-refractivity contribution < 1.29 is 19.1 Å². The second kappa shape index (κ2) is 14.4. The van der Waals surface area contributed by atoms with E-state index in [0.29, 0.717) is 26.1 Å². The smallest absolute Gasteiger partial charge is 0.410 e. The lowest BCUT2D eigenvalue weighted by Gasteiger charge is -2.22. The number of nitrogens with one attached hydrogen (secondary N) is 1. The minimum Gasteiger partial charge on any atom is -0.448 e. The largest absolute Gasteiger partial charge is 0.448 e. The molecule has 7 nitrogen and oxygen atoms in total. The maximum atomic E-state index is 12.7. The van der Waals surface area contributed by atoms with Gasteiger partial charge >= 0.3 is 12.2 Å². The van der Waals surface area contributed by atoms with E-state index in [1.54, 1.807) is 27.6 Å². The van der Waals surface area contributed by atoms with Gasteiger partial charge in [0.15, 0.2) is 0 Å². The van der Waals surface area contributed by atoms with Crippen LogP contribution in [0.25, 0.3) is 0 Å². The van der Waals surface area contributed by atoms with Crippen LogP contribution >= 0.6 is 22.7 Å². The lowest BCUT2D eigenvalue weighted by molar-refractivity contribution is 0.0913. The van der Waals surface area contributed by atoms with E-state index < -0.39 is 6.09 Å². The highest BCUT2D eigenvalue weighted by Crippen LogP contribution is 2.18. The number of thiophene rings is 2. The molecule has 0 saturated carbocycles. The molecule has 0 radical (unpaired) electrons. The number of carbonyl (C=O) groups is 2. The molecule has 2 aromatic heterocycles. The predicted molar refractivity (Wildman–Crippen MR) is 136 cm³/mol. The number of alkyl carbamates (subject to hydrolysis) is 1. The van der Waals surface area contributed by atoms with Crippen molar-refractivity contribution in [2.75, 3.05) is 13.2 Å². The summed E-state index contributed by atoms with van der Waals surface area (Å²) in [5.74, 6) is 0. The summed E-state index contributed by atoms with van der Waals surface area (Å²) in [6.45, 7) is 1.94. The average Bonchev–Trinajstić information content (AvgIpc) is 3.56. The number of ether oxygens (including phenoxy) is 2. The highest BCUT2D eigenvalue weighted by atomic mass is 32.1. The topological polar surface area (TPSA) is 93.9 Å². The average molecular weight is 502 g/mol. The minimum absolute atomic E-state index is 0.163. The lowest BCUT2D eigenvalue weighted by Crippen LogP contribution is -2.34. The Labute approximate surface area is 208 Å². The zero-order valence-corrected chi connectivity index (χ0v) is 20.7. The van der Waals surface area contributed by atoms with Gasteiger partial charge < -0.3 is 20.5 Å². The van der Waals surface area contributed by atoms with Crippen LogP contribution < -0.4 is 11.1 Å². The van der Waals surface area contributed by atoms with E-state index in [2.05, 4.69) is 5.32 Å². The molecule has 34 heavy (non-hydrogen) atoms. The number of benzene rings is 1. The molecular formula is C25H31N3O4S2. The van der Waals surface area contributed by atoms with Crippen LogP contribution in [-0.4, -0.2) is 36.3 Å². The van der Waals surface area contributed by atoms with Gasteiger partial charge in [-0.3, -0.25) is 4.90 Å². The Morgan fingerprint density at radius 2 is 1.59 bits per heavy atom. The van der Waals surface area contributed by atoms with Crippen molar-refractivity contribution in [2.24, 2.45) is 5.73 Å². The van der Waals surface area contributed by atoms with Gasteiger partial charge in [-0.2, -0.15) is 0 Å². The number of unbranched alkanes of at least 4 members (excludes halogenated alkanes) is 1. The third-order valence-electron chi connectivity index (χ3n) is 5.02. The van der Waals surface area contributed by atoms with Crippen LogP contribution in [0.4, 0.5) is 9.59 Å². The van der Waals surface area contributed by atoms with E-state index in [1.165, 1.54) is 0 Å². The second-order valence-electron chi connectivity index (χ2n) is 7.84. The van der Waals surface area contributed by atoms with Gasteiger partial charge in [0.25, 0.3) is 0 Å². The van der Waals surface area contributed by atoms with Crippen molar-refractivity contribution in [3.63, 3.8) is 0 Å². The molecule has 9 heteroatoms. The molecule has 0 aliphatic rings. The molecule has 2 heterocycles. The molecule has 0 fully saturated rings. The number of hydrogen-bond donors (Lipinski definition) is 2. The Bertz CT molecular complexity index is 929. The first-order valence-electron chi connectivity index (χ1n) is 11.3. The summed E-state index contributed by atoms with van der Waals surface area (Å²) >= 11 is 3.23. The molecule has 0 spiro atoms. The van der Waals surface area contributed by atoms with Crippen molar-refractivity contribution >= 4 is 34.9 Å². The van der Waals surface area contributed by atoms with E-state index in [9.17, 15) is 9.59 Å². The molecule has 0 aliphatic heterocycles. The van der Waals surface area contributed by atoms with Crippen LogP contribution in [0.15, 0.2) is 65.4 Å². The molecule has 0 aliphatic carbocycles. The molecule has 3 aromatic rings. The fourth-order valence-electron chi connectivity index (χ4n) is 3.22. The maximum absolute atomic E-state index is 12.7. The molecule has 1 atom stereocenters. The van der Waals surface area contributed by atoms with E-state index >= 15 is 0 Å². The van der Waals surface area contributed by atoms with Gasteiger partial charge in [-0.05, 0) is 41.3 Å². The zero-order valence-electron chi connectivity index (χ0n) is 19.1. The molecule has 2 amide bonds. The minimum atomic E-state index is -0.432. The molecule has 1 aromatic carbocycles. The van der Waals surface area contributed by atoms with Crippen molar-refractivity contribution in [3.8, 4) is 0 Å². The second-order valence-corrected chi connectivity index (χ2v) is 9.90. The van der Waals surface area contributed by atoms with Gasteiger partial charge in [-0.1, -0.05) is 48.9 Å². The Balaban J connectivity index is 1.29. The predicted octanol–water partition coefficient (Wildman–Crippen LogP) is 5.37. The standard InChI is InChI=1S/C25H31N3O4S2/c26-21(10-4-5-13-27-24(29)31-18-20-8-2-1-3-9-20)19-32-25(30)28(16-22-11-6-14-33-22)17-23-12-7-15-34-23/h1-3,6-9,11-12,14-15,21H,4-5,10,13,16-19,26H2,(H,27,29)/t21-/m0/s1. The van der Waals surface area contributed by atoms with Gasteiger partial charge in [0.1, 0.15) is 13.2 Å². The third-order valence-corrected chi connectivity index (χ3v) is 6.74. The summed E-state index contributed by atoms with van der Waals surface area (Å²) in [4.78, 5) is 28.4. The van der Waals surface area contributed by atoms with Crippen LogP contribution in [0.2, 0.25) is 0 Å². The summed E-state index contributed by atoms with van der Waals surface area (Å²) in [7, 11) is 0. The first-order chi connectivity index (χ1) is 16.6. The SMILES string of the molecule is N[C@@H](CCCCNC(=O)OCc1ccccc1)COC(=O)N(Cc1cccs1)Cc1cccs1. The van der Waals surface area contributed by atoms with Crippen LogP contribution in [0, 0.1) is 0 Å². The molecule has 182 valence electrons. The van der Waals surface area contributed by atoms with E-state index in [1.807, 2.05) is 65.4 Å². The number of hydrogen-bond acceptors (Lipinski definition) is 7. The number of nitrogens with zero attached hydrogens (tertiary/aromatic N) is 1. The first-order valence-corrected chi connectivity index (χ1v) is 13.0. The van der Waals surface area contributed by atoms with Gasteiger partial charge in [0, 0.05) is 22.3 Å². The molecule has 0 unspecified atom stereocenters. The van der Waals surface area contributed by atoms with E-state index in [-0.39, 0.29) is 25.3 Å². The highest BCUT2D eigenvalue weighted by Gasteiger charge is 2.18. The highest BCUT2D eigenvalue weighted by molar-refractivity contribution is 7.10. The molecule has 3 N–H and O–H groups in total. The van der Waals surface area contributed by atoms with Gasteiger partial charge in [0.2, 0.25) is 0 Å². The fourth-order valence-corrected chi connectivity index (χ4v) is 4.65. The Kier molecular flexibility index (Phi) is 10.9. The van der Waals surface area contributed by atoms with Gasteiger partial charge in [0.05, 0.1) is 13.1 Å².